The summed E-state index contributed by atoms with van der Waals surface area (Å²) in [6, 6.07) is 10.9. The number of aromatic nitrogens is 1. The second-order valence-electron chi connectivity index (χ2n) is 8.27. The average Bonchev–Trinajstić information content (AvgIpc) is 3.25. The van der Waals surface area contributed by atoms with E-state index in [0.29, 0.717) is 12.5 Å². The van der Waals surface area contributed by atoms with E-state index in [2.05, 4.69) is 77.4 Å². The van der Waals surface area contributed by atoms with Crippen LogP contribution in [-0.4, -0.2) is 43.3 Å². The lowest BCUT2D eigenvalue weighted by Crippen LogP contribution is -2.58. The van der Waals surface area contributed by atoms with Crippen molar-refractivity contribution >= 4 is 17.3 Å². The number of thiazole rings is 1. The maximum Gasteiger partial charge on any atom is 0.191 e. The molecule has 1 atom stereocenters. The summed E-state index contributed by atoms with van der Waals surface area (Å²) in [5.74, 6) is 1.26. The van der Waals surface area contributed by atoms with Crippen molar-refractivity contribution in [1.82, 2.24) is 20.9 Å². The van der Waals surface area contributed by atoms with Crippen molar-refractivity contribution in [2.45, 2.75) is 57.7 Å². The number of hydrogen-bond donors (Lipinski definition) is 3. The van der Waals surface area contributed by atoms with Crippen molar-refractivity contribution in [2.24, 2.45) is 4.99 Å². The molecule has 2 heterocycles. The highest BCUT2D eigenvalue weighted by atomic mass is 32.1. The normalized spacial score (nSPS) is 17.7. The molecule has 1 aromatic carbocycles. The Morgan fingerprint density at radius 2 is 1.90 bits per heavy atom. The Morgan fingerprint density at radius 3 is 2.53 bits per heavy atom. The Kier molecular flexibility index (Phi) is 8.24. The molecular weight excluding hydrogens is 394 g/mol. The first-order chi connectivity index (χ1) is 14.5. The maximum atomic E-state index is 5.65. The SMILES string of the molecule is CN=C(NCc1nc(C(C)C)cs1)NCC1(NC(C)c2ccccc2)CCOCC1. The first kappa shape index (κ1) is 22.7. The van der Waals surface area contributed by atoms with Gasteiger partial charge in [-0.2, -0.15) is 0 Å². The van der Waals surface area contributed by atoms with Crippen molar-refractivity contribution in [3.8, 4) is 0 Å². The van der Waals surface area contributed by atoms with Crippen molar-refractivity contribution < 1.29 is 4.74 Å². The molecule has 1 aromatic heterocycles. The Hall–Kier alpha value is -1.96. The van der Waals surface area contributed by atoms with Gasteiger partial charge in [0.2, 0.25) is 0 Å². The molecule has 30 heavy (non-hydrogen) atoms. The second-order valence-corrected chi connectivity index (χ2v) is 9.21. The third-order valence-corrected chi connectivity index (χ3v) is 6.53. The van der Waals surface area contributed by atoms with Gasteiger partial charge in [0.05, 0.1) is 12.2 Å². The van der Waals surface area contributed by atoms with E-state index < -0.39 is 0 Å². The Labute approximate surface area is 184 Å². The summed E-state index contributed by atoms with van der Waals surface area (Å²) < 4.78 is 5.65. The third-order valence-electron chi connectivity index (χ3n) is 5.66. The van der Waals surface area contributed by atoms with Crippen LogP contribution >= 0.6 is 11.3 Å². The minimum atomic E-state index is -0.0306. The number of rotatable bonds is 8. The van der Waals surface area contributed by atoms with Crippen LogP contribution < -0.4 is 16.0 Å². The number of ether oxygens (including phenoxy) is 1. The molecule has 0 spiro atoms. The van der Waals surface area contributed by atoms with Crippen LogP contribution in [0.3, 0.4) is 0 Å². The first-order valence-electron chi connectivity index (χ1n) is 10.8. The molecule has 3 N–H and O–H groups in total. The largest absolute Gasteiger partial charge is 0.381 e. The van der Waals surface area contributed by atoms with Crippen LogP contribution in [0, 0.1) is 0 Å². The summed E-state index contributed by atoms with van der Waals surface area (Å²) in [4.78, 5) is 9.11. The summed E-state index contributed by atoms with van der Waals surface area (Å²) in [6.45, 7) is 9.60. The minimum absolute atomic E-state index is 0.0306. The summed E-state index contributed by atoms with van der Waals surface area (Å²) >= 11 is 1.70. The van der Waals surface area contributed by atoms with Gasteiger partial charge in [0, 0.05) is 43.8 Å². The Balaban J connectivity index is 1.58. The molecule has 0 aliphatic carbocycles. The van der Waals surface area contributed by atoms with Crippen molar-refractivity contribution in [2.75, 3.05) is 26.8 Å². The van der Waals surface area contributed by atoms with Gasteiger partial charge in [-0.05, 0) is 31.2 Å². The molecule has 0 amide bonds. The molecule has 0 radical (unpaired) electrons. The van der Waals surface area contributed by atoms with Crippen molar-refractivity contribution in [3.63, 3.8) is 0 Å². The zero-order valence-corrected chi connectivity index (χ0v) is 19.4. The summed E-state index contributed by atoms with van der Waals surface area (Å²) in [6.07, 6.45) is 1.94. The lowest BCUT2D eigenvalue weighted by molar-refractivity contribution is 0.0355. The van der Waals surface area contributed by atoms with Gasteiger partial charge in [-0.15, -0.1) is 11.3 Å². The van der Waals surface area contributed by atoms with Crippen LogP contribution in [0.1, 0.15) is 61.8 Å². The standard InChI is InChI=1S/C23H35N5OS/c1-17(2)20-15-30-21(27-20)14-25-22(24-4)26-16-23(10-12-29-13-11-23)28-18(3)19-8-6-5-7-9-19/h5-9,15,17-18,28H,10-14,16H2,1-4H3,(H2,24,25,26). The van der Waals surface area contributed by atoms with Gasteiger partial charge in [-0.1, -0.05) is 44.2 Å². The van der Waals surface area contributed by atoms with Gasteiger partial charge >= 0.3 is 0 Å². The van der Waals surface area contributed by atoms with Gasteiger partial charge in [-0.25, -0.2) is 4.98 Å². The molecule has 2 aromatic rings. The molecule has 1 saturated heterocycles. The van der Waals surface area contributed by atoms with E-state index in [1.165, 1.54) is 5.56 Å². The minimum Gasteiger partial charge on any atom is -0.381 e. The number of aliphatic imine (C=N–C) groups is 1. The number of benzene rings is 1. The van der Waals surface area contributed by atoms with Crippen LogP contribution in [0.4, 0.5) is 0 Å². The molecular formula is C23H35N5OS. The topological polar surface area (TPSA) is 70.6 Å². The van der Waals surface area contributed by atoms with Gasteiger partial charge < -0.3 is 20.7 Å². The lowest BCUT2D eigenvalue weighted by atomic mass is 9.88. The van der Waals surface area contributed by atoms with Crippen molar-refractivity contribution in [1.29, 1.82) is 0 Å². The summed E-state index contributed by atoms with van der Waals surface area (Å²) in [5.41, 5.74) is 2.42. The van der Waals surface area contributed by atoms with E-state index in [1.807, 2.05) is 7.05 Å². The predicted molar refractivity (Wildman–Crippen MR) is 125 cm³/mol. The van der Waals surface area contributed by atoms with Crippen LogP contribution in [0.5, 0.6) is 0 Å². The molecule has 164 valence electrons. The van der Waals surface area contributed by atoms with Crippen LogP contribution in [0.2, 0.25) is 0 Å². The van der Waals surface area contributed by atoms with Gasteiger partial charge in [-0.3, -0.25) is 4.99 Å². The molecule has 3 rings (SSSR count). The molecule has 1 fully saturated rings. The zero-order chi connectivity index (χ0) is 21.4. The molecule has 0 bridgehead atoms. The Bertz CT molecular complexity index is 799. The molecule has 7 heteroatoms. The second kappa shape index (κ2) is 10.9. The van der Waals surface area contributed by atoms with Crippen LogP contribution in [0.15, 0.2) is 40.7 Å². The van der Waals surface area contributed by atoms with Gasteiger partial charge in [0.15, 0.2) is 5.96 Å². The highest BCUT2D eigenvalue weighted by Crippen LogP contribution is 2.25. The van der Waals surface area contributed by atoms with Gasteiger partial charge in [0.1, 0.15) is 5.01 Å². The smallest absolute Gasteiger partial charge is 0.191 e. The maximum absolute atomic E-state index is 5.65. The number of guanidine groups is 1. The number of hydrogen-bond acceptors (Lipinski definition) is 5. The molecule has 1 aliphatic heterocycles. The molecule has 0 saturated carbocycles. The van der Waals surface area contributed by atoms with Crippen molar-refractivity contribution in [3.05, 3.63) is 52.0 Å². The van der Waals surface area contributed by atoms with E-state index in [1.54, 1.807) is 11.3 Å². The molecule has 1 aliphatic rings. The number of nitrogens with one attached hydrogen (secondary N) is 3. The highest BCUT2D eigenvalue weighted by Gasteiger charge is 2.34. The highest BCUT2D eigenvalue weighted by molar-refractivity contribution is 7.09. The molecule has 6 nitrogen and oxygen atoms in total. The lowest BCUT2D eigenvalue weighted by Gasteiger charge is -2.41. The zero-order valence-electron chi connectivity index (χ0n) is 18.6. The van der Waals surface area contributed by atoms with Crippen LogP contribution in [-0.2, 0) is 11.3 Å². The van der Waals surface area contributed by atoms with E-state index in [0.717, 1.165) is 49.3 Å². The fourth-order valence-corrected chi connectivity index (χ4v) is 4.62. The monoisotopic (exact) mass is 429 g/mol. The summed E-state index contributed by atoms with van der Waals surface area (Å²) in [7, 11) is 1.81. The number of nitrogens with zero attached hydrogens (tertiary/aromatic N) is 2. The molecule has 1 unspecified atom stereocenters. The third kappa shape index (κ3) is 6.27. The van der Waals surface area contributed by atoms with E-state index >= 15 is 0 Å². The van der Waals surface area contributed by atoms with Crippen LogP contribution in [0.25, 0.3) is 0 Å². The quantitative estimate of drug-likeness (QED) is 0.439. The van der Waals surface area contributed by atoms with E-state index in [4.69, 9.17) is 9.72 Å². The average molecular weight is 430 g/mol. The fraction of sp³-hybridized carbons (Fsp3) is 0.565. The first-order valence-corrected chi connectivity index (χ1v) is 11.7. The van der Waals surface area contributed by atoms with E-state index in [-0.39, 0.29) is 11.6 Å². The Morgan fingerprint density at radius 1 is 1.17 bits per heavy atom. The summed E-state index contributed by atoms with van der Waals surface area (Å²) in [5, 5.41) is 14.0. The van der Waals surface area contributed by atoms with E-state index in [9.17, 15) is 0 Å². The fourth-order valence-electron chi connectivity index (χ4n) is 3.72. The predicted octanol–water partition coefficient (Wildman–Crippen LogP) is 3.83. The van der Waals surface area contributed by atoms with Gasteiger partial charge in [0.25, 0.3) is 0 Å².